The number of nitrogens with zero attached hydrogens (tertiary/aromatic N) is 1. The lowest BCUT2D eigenvalue weighted by atomic mass is 10.1. The van der Waals surface area contributed by atoms with Crippen LogP contribution in [0.3, 0.4) is 0 Å². The molecule has 2 rings (SSSR count). The van der Waals surface area contributed by atoms with Crippen LogP contribution < -0.4 is 4.90 Å². The fraction of sp³-hybridized carbons (Fsp3) is 0.583. The molecule has 1 fully saturated rings. The first-order valence-corrected chi connectivity index (χ1v) is 6.34. The molecule has 0 spiro atoms. The van der Waals surface area contributed by atoms with Gasteiger partial charge in [-0.1, -0.05) is 0 Å². The van der Waals surface area contributed by atoms with E-state index < -0.39 is 0 Å². The molecular weight excluding hydrogens is 222 g/mol. The van der Waals surface area contributed by atoms with Gasteiger partial charge in [0.2, 0.25) is 0 Å². The van der Waals surface area contributed by atoms with Gasteiger partial charge in [-0.05, 0) is 26.8 Å². The minimum atomic E-state index is -0.124. The van der Waals surface area contributed by atoms with Crippen molar-refractivity contribution in [1.29, 1.82) is 0 Å². The molecule has 1 saturated heterocycles. The van der Waals surface area contributed by atoms with Gasteiger partial charge in [0.25, 0.3) is 0 Å². The van der Waals surface area contributed by atoms with E-state index in [1.807, 2.05) is 11.4 Å². The van der Waals surface area contributed by atoms with Crippen molar-refractivity contribution in [3.63, 3.8) is 0 Å². The van der Waals surface area contributed by atoms with Gasteiger partial charge in [0.05, 0.1) is 16.6 Å². The summed E-state index contributed by atoms with van der Waals surface area (Å²) in [5.41, 5.74) is 1.01. The third kappa shape index (κ3) is 2.44. The summed E-state index contributed by atoms with van der Waals surface area (Å²) >= 11 is 1.49. The average Bonchev–Trinajstić information content (AvgIpc) is 2.62. The third-order valence-corrected chi connectivity index (χ3v) is 3.50. The van der Waals surface area contributed by atoms with Gasteiger partial charge in [-0.25, -0.2) is 0 Å². The Morgan fingerprint density at radius 1 is 1.62 bits per heavy atom. The summed E-state index contributed by atoms with van der Waals surface area (Å²) < 4.78 is 5.85. The molecule has 2 heterocycles. The van der Waals surface area contributed by atoms with Crippen LogP contribution in [0.25, 0.3) is 0 Å². The minimum absolute atomic E-state index is 0.124. The number of thiophene rings is 1. The number of anilines is 1. The van der Waals surface area contributed by atoms with Crippen LogP contribution in [-0.2, 0) is 4.74 Å². The van der Waals surface area contributed by atoms with Crippen molar-refractivity contribution in [3.05, 3.63) is 16.3 Å². The van der Waals surface area contributed by atoms with Crippen molar-refractivity contribution in [3.8, 4) is 0 Å². The van der Waals surface area contributed by atoms with Crippen LogP contribution in [0.5, 0.6) is 0 Å². The Labute approximate surface area is 100 Å². The maximum atomic E-state index is 10.7. The van der Waals surface area contributed by atoms with E-state index in [9.17, 15) is 4.79 Å². The Morgan fingerprint density at radius 2 is 2.38 bits per heavy atom. The molecule has 88 valence electrons. The predicted octanol–water partition coefficient (Wildman–Crippen LogP) is 2.56. The topological polar surface area (TPSA) is 29.5 Å². The summed E-state index contributed by atoms with van der Waals surface area (Å²) in [6, 6.07) is 1.95. The Kier molecular flexibility index (Phi) is 3.04. The summed E-state index contributed by atoms with van der Waals surface area (Å²) in [5.74, 6) is 0. The van der Waals surface area contributed by atoms with Gasteiger partial charge in [0.1, 0.15) is 0 Å². The van der Waals surface area contributed by atoms with Gasteiger partial charge < -0.3 is 9.64 Å². The number of morpholine rings is 1. The van der Waals surface area contributed by atoms with Crippen LogP contribution in [-0.4, -0.2) is 31.1 Å². The molecule has 0 bridgehead atoms. The number of carbonyl (C=O) groups is 1. The van der Waals surface area contributed by atoms with E-state index in [1.165, 1.54) is 11.3 Å². The molecule has 1 atom stereocenters. The maximum Gasteiger partial charge on any atom is 0.160 e. The number of ether oxygens (including phenoxy) is 1. The van der Waals surface area contributed by atoms with Crippen LogP contribution in [0.1, 0.15) is 30.4 Å². The predicted molar refractivity (Wildman–Crippen MR) is 66.5 cm³/mol. The van der Waals surface area contributed by atoms with Crippen molar-refractivity contribution in [1.82, 2.24) is 0 Å². The molecule has 1 unspecified atom stereocenters. The fourth-order valence-electron chi connectivity index (χ4n) is 2.22. The SMILES string of the molecule is CC1CN(c2csc(C=O)c2)CC(C)(C)O1. The van der Waals surface area contributed by atoms with Crippen LogP contribution in [0.15, 0.2) is 11.4 Å². The zero-order valence-electron chi connectivity index (χ0n) is 9.90. The van der Waals surface area contributed by atoms with Crippen LogP contribution >= 0.6 is 11.3 Å². The van der Waals surface area contributed by atoms with Gasteiger partial charge in [0.15, 0.2) is 6.29 Å². The molecule has 0 N–H and O–H groups in total. The first kappa shape index (κ1) is 11.6. The molecule has 16 heavy (non-hydrogen) atoms. The number of hydrogen-bond donors (Lipinski definition) is 0. The maximum absolute atomic E-state index is 10.7. The molecular formula is C12H17NO2S. The molecule has 0 amide bonds. The first-order valence-electron chi connectivity index (χ1n) is 5.47. The lowest BCUT2D eigenvalue weighted by molar-refractivity contribution is -0.0749. The number of hydrogen-bond acceptors (Lipinski definition) is 4. The van der Waals surface area contributed by atoms with E-state index in [4.69, 9.17) is 4.74 Å². The zero-order valence-corrected chi connectivity index (χ0v) is 10.7. The second-order valence-electron chi connectivity index (χ2n) is 4.89. The number of rotatable bonds is 2. The van der Waals surface area contributed by atoms with E-state index in [0.717, 1.165) is 29.9 Å². The van der Waals surface area contributed by atoms with E-state index in [1.54, 1.807) is 0 Å². The van der Waals surface area contributed by atoms with Crippen molar-refractivity contribution < 1.29 is 9.53 Å². The van der Waals surface area contributed by atoms with Gasteiger partial charge >= 0.3 is 0 Å². The smallest absolute Gasteiger partial charge is 0.160 e. The quantitative estimate of drug-likeness (QED) is 0.743. The standard InChI is InChI=1S/C12H17NO2S/c1-9-5-13(8-12(2,3)15-9)10-4-11(6-14)16-7-10/h4,6-7,9H,5,8H2,1-3H3. The monoisotopic (exact) mass is 239 g/mol. The summed E-state index contributed by atoms with van der Waals surface area (Å²) in [6.45, 7) is 8.04. The van der Waals surface area contributed by atoms with Crippen molar-refractivity contribution in [2.24, 2.45) is 0 Å². The largest absolute Gasteiger partial charge is 0.369 e. The Hall–Kier alpha value is -0.870. The van der Waals surface area contributed by atoms with E-state index in [-0.39, 0.29) is 11.7 Å². The zero-order chi connectivity index (χ0) is 11.8. The van der Waals surface area contributed by atoms with Crippen molar-refractivity contribution >= 4 is 23.3 Å². The molecule has 0 radical (unpaired) electrons. The molecule has 0 aromatic carbocycles. The van der Waals surface area contributed by atoms with Crippen LogP contribution in [0, 0.1) is 0 Å². The minimum Gasteiger partial charge on any atom is -0.369 e. The fourth-order valence-corrected chi connectivity index (χ4v) is 2.94. The van der Waals surface area contributed by atoms with E-state index in [2.05, 4.69) is 25.7 Å². The molecule has 0 aliphatic carbocycles. The third-order valence-electron chi connectivity index (χ3n) is 2.66. The highest BCUT2D eigenvalue weighted by Crippen LogP contribution is 2.28. The van der Waals surface area contributed by atoms with Crippen molar-refractivity contribution in [2.75, 3.05) is 18.0 Å². The lowest BCUT2D eigenvalue weighted by Gasteiger charge is -2.42. The second kappa shape index (κ2) is 4.18. The first-order chi connectivity index (χ1) is 7.50. The van der Waals surface area contributed by atoms with Gasteiger partial charge in [0, 0.05) is 24.2 Å². The molecule has 4 heteroatoms. The Bertz CT molecular complexity index is 386. The average molecular weight is 239 g/mol. The van der Waals surface area contributed by atoms with Crippen LogP contribution in [0.4, 0.5) is 5.69 Å². The molecule has 1 aromatic rings. The Morgan fingerprint density at radius 3 is 2.94 bits per heavy atom. The summed E-state index contributed by atoms with van der Waals surface area (Å²) in [7, 11) is 0. The highest BCUT2D eigenvalue weighted by molar-refractivity contribution is 7.12. The molecule has 0 saturated carbocycles. The molecule has 3 nitrogen and oxygen atoms in total. The van der Waals surface area contributed by atoms with Gasteiger partial charge in [-0.2, -0.15) is 0 Å². The molecule has 1 aliphatic heterocycles. The summed E-state index contributed by atoms with van der Waals surface area (Å²) in [5, 5.41) is 2.04. The van der Waals surface area contributed by atoms with Crippen LogP contribution in [0.2, 0.25) is 0 Å². The van der Waals surface area contributed by atoms with E-state index >= 15 is 0 Å². The summed E-state index contributed by atoms with van der Waals surface area (Å²) in [6.07, 6.45) is 1.13. The summed E-state index contributed by atoms with van der Waals surface area (Å²) in [4.78, 5) is 13.7. The van der Waals surface area contributed by atoms with E-state index in [0.29, 0.717) is 0 Å². The van der Waals surface area contributed by atoms with Gasteiger partial charge in [-0.3, -0.25) is 4.79 Å². The second-order valence-corrected chi connectivity index (χ2v) is 5.84. The molecule has 1 aromatic heterocycles. The lowest BCUT2D eigenvalue weighted by Crippen LogP contribution is -2.51. The van der Waals surface area contributed by atoms with Gasteiger partial charge in [-0.15, -0.1) is 11.3 Å². The highest BCUT2D eigenvalue weighted by atomic mass is 32.1. The molecule has 1 aliphatic rings. The van der Waals surface area contributed by atoms with Crippen molar-refractivity contribution in [2.45, 2.75) is 32.5 Å². The highest BCUT2D eigenvalue weighted by Gasteiger charge is 2.31. The normalized spacial score (nSPS) is 24.4. The number of carbonyl (C=O) groups excluding carboxylic acids is 1. The Balaban J connectivity index is 2.17. The number of aldehydes is 1.